The molecule has 0 bridgehead atoms. The van der Waals surface area contributed by atoms with Gasteiger partial charge in [0.1, 0.15) is 15.6 Å². The average molecular weight is 399 g/mol. The van der Waals surface area contributed by atoms with Crippen molar-refractivity contribution >= 4 is 57.2 Å². The summed E-state index contributed by atoms with van der Waals surface area (Å²) in [6, 6.07) is 9.45. The number of benzene rings is 1. The van der Waals surface area contributed by atoms with Gasteiger partial charge in [-0.2, -0.15) is 5.10 Å². The second-order valence-corrected chi connectivity index (χ2v) is 7.56. The fraction of sp³-hybridized carbons (Fsp3) is 0.111. The Kier molecular flexibility index (Phi) is 4.54. The maximum atomic E-state index is 12.0. The van der Waals surface area contributed by atoms with E-state index in [0.717, 1.165) is 11.0 Å². The van der Waals surface area contributed by atoms with Crippen LogP contribution < -0.4 is 5.32 Å². The molecule has 2 aromatic heterocycles. The van der Waals surface area contributed by atoms with Crippen LogP contribution in [0.5, 0.6) is 0 Å². The smallest absolute Gasteiger partial charge is 0.305 e. The minimum Gasteiger partial charge on any atom is -0.481 e. The molecule has 3 aromatic rings. The molecule has 1 aliphatic heterocycles. The molecular weight excluding hydrogens is 386 g/mol. The fourth-order valence-electron chi connectivity index (χ4n) is 2.72. The van der Waals surface area contributed by atoms with E-state index >= 15 is 0 Å². The Labute approximate surface area is 163 Å². The van der Waals surface area contributed by atoms with E-state index in [1.807, 2.05) is 30.3 Å². The molecule has 1 aliphatic rings. The standard InChI is InChI=1S/C18H13N3O4S2/c22-15(23)5-6-21-9-11(8-14-17(24)19-18(26)27-14)16(20-21)13-7-10-3-1-2-4-12(10)25-13/h1-4,7-9H,5-6H2,(H,22,23)(H,19,24,26)/b14-8+. The third-order valence-electron chi connectivity index (χ3n) is 3.93. The van der Waals surface area contributed by atoms with Crippen molar-refractivity contribution in [2.24, 2.45) is 0 Å². The van der Waals surface area contributed by atoms with Crippen molar-refractivity contribution in [3.05, 3.63) is 47.0 Å². The van der Waals surface area contributed by atoms with Crippen LogP contribution in [-0.4, -0.2) is 31.1 Å². The van der Waals surface area contributed by atoms with E-state index in [1.165, 1.54) is 11.8 Å². The summed E-state index contributed by atoms with van der Waals surface area (Å²) >= 11 is 6.20. The van der Waals surface area contributed by atoms with Crippen molar-refractivity contribution in [2.75, 3.05) is 0 Å². The molecule has 1 amide bonds. The zero-order chi connectivity index (χ0) is 19.0. The third kappa shape index (κ3) is 3.64. The second kappa shape index (κ2) is 7.01. The second-order valence-electron chi connectivity index (χ2n) is 5.84. The molecule has 1 aromatic carbocycles. The number of amides is 1. The number of hydrogen-bond donors (Lipinski definition) is 2. The average Bonchev–Trinajstić information content (AvgIpc) is 3.30. The van der Waals surface area contributed by atoms with Crippen LogP contribution in [0.25, 0.3) is 28.5 Å². The number of aromatic nitrogens is 2. The van der Waals surface area contributed by atoms with Crippen molar-refractivity contribution in [2.45, 2.75) is 13.0 Å². The molecule has 0 radical (unpaired) electrons. The monoisotopic (exact) mass is 399 g/mol. The van der Waals surface area contributed by atoms with Gasteiger partial charge in [-0.05, 0) is 18.2 Å². The van der Waals surface area contributed by atoms with Crippen LogP contribution in [0, 0.1) is 0 Å². The van der Waals surface area contributed by atoms with Gasteiger partial charge >= 0.3 is 5.97 Å². The van der Waals surface area contributed by atoms with Crippen LogP contribution in [0.15, 0.2) is 45.9 Å². The molecule has 2 N–H and O–H groups in total. The quantitative estimate of drug-likeness (QED) is 0.502. The van der Waals surface area contributed by atoms with Gasteiger partial charge in [0.15, 0.2) is 5.76 Å². The normalized spacial score (nSPS) is 15.6. The lowest BCUT2D eigenvalue weighted by Gasteiger charge is -1.96. The van der Waals surface area contributed by atoms with Gasteiger partial charge < -0.3 is 14.8 Å². The molecule has 0 spiro atoms. The molecule has 136 valence electrons. The van der Waals surface area contributed by atoms with E-state index in [9.17, 15) is 9.59 Å². The summed E-state index contributed by atoms with van der Waals surface area (Å²) < 4.78 is 7.83. The first-order chi connectivity index (χ1) is 13.0. The van der Waals surface area contributed by atoms with E-state index in [2.05, 4.69) is 10.4 Å². The molecule has 27 heavy (non-hydrogen) atoms. The van der Waals surface area contributed by atoms with Crippen molar-refractivity contribution in [3.63, 3.8) is 0 Å². The number of carboxylic acid groups (broad SMARTS) is 1. The van der Waals surface area contributed by atoms with Crippen LogP contribution in [0.2, 0.25) is 0 Å². The summed E-state index contributed by atoms with van der Waals surface area (Å²) in [7, 11) is 0. The predicted octanol–water partition coefficient (Wildman–Crippen LogP) is 3.26. The fourth-order valence-corrected chi connectivity index (χ4v) is 3.75. The van der Waals surface area contributed by atoms with Gasteiger partial charge in [0.2, 0.25) is 0 Å². The number of hydrogen-bond acceptors (Lipinski definition) is 6. The van der Waals surface area contributed by atoms with E-state index in [4.69, 9.17) is 21.7 Å². The van der Waals surface area contributed by atoms with Crippen LogP contribution in [0.4, 0.5) is 0 Å². The molecule has 0 saturated carbocycles. The summed E-state index contributed by atoms with van der Waals surface area (Å²) in [5.74, 6) is -0.631. The summed E-state index contributed by atoms with van der Waals surface area (Å²) in [5, 5.41) is 16.9. The maximum absolute atomic E-state index is 12.0. The Bertz CT molecular complexity index is 1080. The maximum Gasteiger partial charge on any atom is 0.305 e. The van der Waals surface area contributed by atoms with Crippen LogP contribution in [0.1, 0.15) is 12.0 Å². The zero-order valence-corrected chi connectivity index (χ0v) is 15.5. The highest BCUT2D eigenvalue weighted by Crippen LogP contribution is 2.32. The lowest BCUT2D eigenvalue weighted by atomic mass is 10.2. The number of furan rings is 1. The molecule has 0 atom stereocenters. The number of carboxylic acids is 1. The van der Waals surface area contributed by atoms with Crippen molar-refractivity contribution in [1.29, 1.82) is 0 Å². The first kappa shape index (κ1) is 17.5. The Morgan fingerprint density at radius 3 is 2.93 bits per heavy atom. The zero-order valence-electron chi connectivity index (χ0n) is 13.8. The first-order valence-electron chi connectivity index (χ1n) is 8.02. The molecule has 0 unspecified atom stereocenters. The molecule has 1 saturated heterocycles. The Morgan fingerprint density at radius 1 is 1.41 bits per heavy atom. The highest BCUT2D eigenvalue weighted by atomic mass is 32.2. The molecule has 0 aliphatic carbocycles. The minimum absolute atomic E-state index is 0.0589. The SMILES string of the molecule is O=C(O)CCn1cc(/C=C2/SC(=S)NC2=O)c(-c2cc3ccccc3o2)n1. The molecule has 1 fully saturated rings. The van der Waals surface area contributed by atoms with E-state index in [-0.39, 0.29) is 18.9 Å². The number of thioether (sulfide) groups is 1. The number of para-hydroxylation sites is 1. The van der Waals surface area contributed by atoms with Gasteiger partial charge in [-0.25, -0.2) is 0 Å². The summed E-state index contributed by atoms with van der Waals surface area (Å²) in [5.41, 5.74) is 1.91. The predicted molar refractivity (Wildman–Crippen MR) is 106 cm³/mol. The summed E-state index contributed by atoms with van der Waals surface area (Å²) in [6.07, 6.45) is 3.33. The molecule has 4 rings (SSSR count). The Balaban J connectivity index is 1.78. The Hall–Kier alpha value is -2.91. The molecular formula is C18H13N3O4S2. The van der Waals surface area contributed by atoms with Crippen molar-refractivity contribution in [1.82, 2.24) is 15.1 Å². The van der Waals surface area contributed by atoms with E-state index in [0.29, 0.717) is 26.2 Å². The van der Waals surface area contributed by atoms with E-state index < -0.39 is 5.97 Å². The highest BCUT2D eigenvalue weighted by Gasteiger charge is 2.24. The van der Waals surface area contributed by atoms with Gasteiger partial charge in [-0.3, -0.25) is 14.3 Å². The summed E-state index contributed by atoms with van der Waals surface area (Å²) in [4.78, 5) is 23.3. The lowest BCUT2D eigenvalue weighted by molar-refractivity contribution is -0.137. The van der Waals surface area contributed by atoms with Crippen LogP contribution >= 0.6 is 24.0 Å². The van der Waals surface area contributed by atoms with Gasteiger partial charge in [0.05, 0.1) is 17.9 Å². The number of carbonyl (C=O) groups excluding carboxylic acids is 1. The largest absolute Gasteiger partial charge is 0.481 e. The number of fused-ring (bicyclic) bond motifs is 1. The van der Waals surface area contributed by atoms with Gasteiger partial charge in [-0.1, -0.05) is 42.2 Å². The highest BCUT2D eigenvalue weighted by molar-refractivity contribution is 8.26. The number of aryl methyl sites for hydroxylation is 1. The first-order valence-corrected chi connectivity index (χ1v) is 9.25. The number of nitrogens with one attached hydrogen (secondary N) is 1. The lowest BCUT2D eigenvalue weighted by Crippen LogP contribution is -2.17. The molecule has 7 nitrogen and oxygen atoms in total. The summed E-state index contributed by atoms with van der Waals surface area (Å²) in [6.45, 7) is 0.212. The minimum atomic E-state index is -0.910. The van der Waals surface area contributed by atoms with Gasteiger partial charge in [0.25, 0.3) is 5.91 Å². The van der Waals surface area contributed by atoms with Crippen LogP contribution in [0.3, 0.4) is 0 Å². The Morgan fingerprint density at radius 2 is 2.22 bits per heavy atom. The van der Waals surface area contributed by atoms with Gasteiger partial charge in [-0.15, -0.1) is 0 Å². The van der Waals surface area contributed by atoms with E-state index in [1.54, 1.807) is 17.0 Å². The number of rotatable bonds is 5. The molecule has 3 heterocycles. The van der Waals surface area contributed by atoms with Crippen LogP contribution in [-0.2, 0) is 16.1 Å². The molecule has 9 heteroatoms. The van der Waals surface area contributed by atoms with Crippen molar-refractivity contribution in [3.8, 4) is 11.5 Å². The van der Waals surface area contributed by atoms with Crippen molar-refractivity contribution < 1.29 is 19.1 Å². The number of thiocarbonyl (C=S) groups is 1. The van der Waals surface area contributed by atoms with Gasteiger partial charge in [0, 0.05) is 17.1 Å². The third-order valence-corrected chi connectivity index (χ3v) is 5.09. The topological polar surface area (TPSA) is 97.4 Å². The number of aliphatic carboxylic acids is 1. The number of nitrogens with zero attached hydrogens (tertiary/aromatic N) is 2. The number of carbonyl (C=O) groups is 2.